The van der Waals surface area contributed by atoms with Gasteiger partial charge in [0.05, 0.1) is 6.07 Å². The largest absolute Gasteiger partial charge is 0.317 e. The van der Waals surface area contributed by atoms with Crippen LogP contribution in [0.1, 0.15) is 19.8 Å². The molecular formula is C7H10N2. The van der Waals surface area contributed by atoms with Crippen LogP contribution in [0.3, 0.4) is 0 Å². The van der Waals surface area contributed by atoms with E-state index in [2.05, 4.69) is 10.9 Å². The smallest absolute Gasteiger partial charge is 0.214 e. The van der Waals surface area contributed by atoms with Gasteiger partial charge in [-0.25, -0.2) is 6.57 Å². The van der Waals surface area contributed by atoms with Crippen molar-refractivity contribution < 1.29 is 0 Å². The fourth-order valence-corrected chi connectivity index (χ4v) is 0.541. The van der Waals surface area contributed by atoms with E-state index in [-0.39, 0.29) is 5.92 Å². The van der Waals surface area contributed by atoms with E-state index in [1.807, 2.05) is 6.92 Å². The van der Waals surface area contributed by atoms with Crippen molar-refractivity contribution in [2.24, 2.45) is 5.92 Å². The average molecular weight is 122 g/mol. The molecule has 1 unspecified atom stereocenters. The second kappa shape index (κ2) is 5.12. The van der Waals surface area contributed by atoms with Gasteiger partial charge in [-0.15, -0.1) is 0 Å². The highest BCUT2D eigenvalue weighted by molar-refractivity contribution is 4.78. The van der Waals surface area contributed by atoms with Crippen LogP contribution in [0.5, 0.6) is 0 Å². The summed E-state index contributed by atoms with van der Waals surface area (Å²) in [5, 5.41) is 8.31. The van der Waals surface area contributed by atoms with Gasteiger partial charge in [0.25, 0.3) is 0 Å². The molecule has 9 heavy (non-hydrogen) atoms. The van der Waals surface area contributed by atoms with Gasteiger partial charge in [0.15, 0.2) is 0 Å². The Bertz CT molecular complexity index is 138. The summed E-state index contributed by atoms with van der Waals surface area (Å²) in [6.45, 7) is 8.89. The Labute approximate surface area is 55.9 Å². The fourth-order valence-electron chi connectivity index (χ4n) is 0.541. The van der Waals surface area contributed by atoms with Crippen LogP contribution in [0.4, 0.5) is 0 Å². The summed E-state index contributed by atoms with van der Waals surface area (Å²) in [5.41, 5.74) is 0. The monoisotopic (exact) mass is 122 g/mol. The molecule has 0 radical (unpaired) electrons. The molecule has 0 rings (SSSR count). The van der Waals surface area contributed by atoms with Crippen LogP contribution in [0.2, 0.25) is 0 Å². The first-order valence-electron chi connectivity index (χ1n) is 3.04. The Morgan fingerprint density at radius 2 is 2.44 bits per heavy atom. The van der Waals surface area contributed by atoms with Crippen molar-refractivity contribution in [3.05, 3.63) is 11.4 Å². The molecule has 0 aromatic rings. The normalized spacial score (nSPS) is 11.4. The standard InChI is InChI=1S/C7H10N2/c1-7(6-8)4-3-5-9-2/h7H,3-5H2,1H3. The minimum Gasteiger partial charge on any atom is -0.317 e. The zero-order chi connectivity index (χ0) is 7.11. The molecule has 0 aliphatic carbocycles. The number of nitriles is 1. The summed E-state index contributed by atoms with van der Waals surface area (Å²) in [6.07, 6.45) is 1.72. The predicted molar refractivity (Wildman–Crippen MR) is 35.5 cm³/mol. The summed E-state index contributed by atoms with van der Waals surface area (Å²) < 4.78 is 0. The Hall–Kier alpha value is -1.02. The topological polar surface area (TPSA) is 28.1 Å². The molecule has 0 amide bonds. The van der Waals surface area contributed by atoms with Gasteiger partial charge >= 0.3 is 0 Å². The molecule has 0 spiro atoms. The van der Waals surface area contributed by atoms with Crippen LogP contribution in [0.15, 0.2) is 0 Å². The van der Waals surface area contributed by atoms with E-state index in [4.69, 9.17) is 11.8 Å². The van der Waals surface area contributed by atoms with E-state index in [9.17, 15) is 0 Å². The Balaban J connectivity index is 3.12. The van der Waals surface area contributed by atoms with Crippen LogP contribution in [0.25, 0.3) is 4.85 Å². The van der Waals surface area contributed by atoms with Crippen molar-refractivity contribution in [3.63, 3.8) is 0 Å². The molecule has 0 N–H and O–H groups in total. The minimum absolute atomic E-state index is 0.117. The lowest BCUT2D eigenvalue weighted by Gasteiger charge is -1.93. The molecule has 2 heteroatoms. The molecule has 0 heterocycles. The molecular weight excluding hydrogens is 112 g/mol. The van der Waals surface area contributed by atoms with E-state index in [0.29, 0.717) is 6.54 Å². The predicted octanol–water partition coefficient (Wildman–Crippen LogP) is 1.85. The maximum atomic E-state index is 8.31. The van der Waals surface area contributed by atoms with Gasteiger partial charge in [0.2, 0.25) is 6.54 Å². The average Bonchev–Trinajstić information content (AvgIpc) is 1.89. The minimum atomic E-state index is 0.117. The van der Waals surface area contributed by atoms with Crippen molar-refractivity contribution in [2.75, 3.05) is 6.54 Å². The molecule has 0 aromatic carbocycles. The SMILES string of the molecule is [C-]#[N+]CCCC(C)C#N. The molecule has 0 saturated carbocycles. The second-order valence-electron chi connectivity index (χ2n) is 2.05. The van der Waals surface area contributed by atoms with Crippen molar-refractivity contribution in [1.82, 2.24) is 0 Å². The highest BCUT2D eigenvalue weighted by atomic mass is 14.6. The molecule has 2 nitrogen and oxygen atoms in total. The molecule has 0 aliphatic rings. The van der Waals surface area contributed by atoms with Gasteiger partial charge in [-0.2, -0.15) is 5.26 Å². The fraction of sp³-hybridized carbons (Fsp3) is 0.714. The van der Waals surface area contributed by atoms with Gasteiger partial charge in [-0.1, -0.05) is 0 Å². The van der Waals surface area contributed by atoms with E-state index < -0.39 is 0 Å². The lowest BCUT2D eigenvalue weighted by Crippen LogP contribution is -1.90. The number of hydrogen-bond donors (Lipinski definition) is 0. The van der Waals surface area contributed by atoms with Crippen molar-refractivity contribution in [2.45, 2.75) is 19.8 Å². The van der Waals surface area contributed by atoms with E-state index >= 15 is 0 Å². The molecule has 0 aliphatic heterocycles. The first-order valence-corrected chi connectivity index (χ1v) is 3.04. The maximum Gasteiger partial charge on any atom is 0.214 e. The van der Waals surface area contributed by atoms with Gasteiger partial charge in [0, 0.05) is 12.3 Å². The lowest BCUT2D eigenvalue weighted by atomic mass is 10.1. The maximum absolute atomic E-state index is 8.31. The highest BCUT2D eigenvalue weighted by Crippen LogP contribution is 2.02. The van der Waals surface area contributed by atoms with E-state index in [1.54, 1.807) is 0 Å². The summed E-state index contributed by atoms with van der Waals surface area (Å²) in [5.74, 6) is 0.117. The van der Waals surface area contributed by atoms with Gasteiger partial charge in [0.1, 0.15) is 0 Å². The molecule has 1 atom stereocenters. The Kier molecular flexibility index (Phi) is 4.54. The summed E-state index contributed by atoms with van der Waals surface area (Å²) >= 11 is 0. The zero-order valence-electron chi connectivity index (χ0n) is 5.59. The van der Waals surface area contributed by atoms with Crippen LogP contribution in [0, 0.1) is 23.8 Å². The Morgan fingerprint density at radius 1 is 1.78 bits per heavy atom. The van der Waals surface area contributed by atoms with Crippen molar-refractivity contribution >= 4 is 0 Å². The van der Waals surface area contributed by atoms with E-state index in [0.717, 1.165) is 12.8 Å². The second-order valence-corrected chi connectivity index (χ2v) is 2.05. The summed E-state index contributed by atoms with van der Waals surface area (Å²) in [4.78, 5) is 3.18. The quantitative estimate of drug-likeness (QED) is 0.414. The molecule has 0 aromatic heterocycles. The van der Waals surface area contributed by atoms with Gasteiger partial charge < -0.3 is 4.85 Å². The third-order valence-corrected chi connectivity index (χ3v) is 1.13. The third kappa shape index (κ3) is 4.84. The number of hydrogen-bond acceptors (Lipinski definition) is 1. The number of rotatable bonds is 3. The summed E-state index contributed by atoms with van der Waals surface area (Å²) in [7, 11) is 0. The molecule has 0 fully saturated rings. The van der Waals surface area contributed by atoms with Crippen LogP contribution >= 0.6 is 0 Å². The highest BCUT2D eigenvalue weighted by Gasteiger charge is 1.98. The van der Waals surface area contributed by atoms with Crippen molar-refractivity contribution in [1.29, 1.82) is 5.26 Å². The third-order valence-electron chi connectivity index (χ3n) is 1.13. The number of nitrogens with zero attached hydrogens (tertiary/aromatic N) is 2. The first-order chi connectivity index (χ1) is 4.31. The van der Waals surface area contributed by atoms with Gasteiger partial charge in [-0.05, 0) is 13.3 Å². The molecule has 0 bridgehead atoms. The summed E-state index contributed by atoms with van der Waals surface area (Å²) in [6, 6.07) is 2.12. The van der Waals surface area contributed by atoms with Crippen LogP contribution in [-0.2, 0) is 0 Å². The zero-order valence-corrected chi connectivity index (χ0v) is 5.59. The van der Waals surface area contributed by atoms with Crippen molar-refractivity contribution in [3.8, 4) is 6.07 Å². The van der Waals surface area contributed by atoms with Crippen LogP contribution in [-0.4, -0.2) is 6.54 Å². The molecule has 48 valence electrons. The first kappa shape index (κ1) is 7.98. The van der Waals surface area contributed by atoms with Crippen LogP contribution < -0.4 is 0 Å². The Morgan fingerprint density at radius 3 is 2.89 bits per heavy atom. The lowest BCUT2D eigenvalue weighted by molar-refractivity contribution is 0.639. The van der Waals surface area contributed by atoms with E-state index in [1.165, 1.54) is 0 Å². The molecule has 0 saturated heterocycles. The van der Waals surface area contributed by atoms with Gasteiger partial charge in [-0.3, -0.25) is 0 Å².